The number of nitrogens with zero attached hydrogens (tertiary/aromatic N) is 2. The molecule has 1 saturated heterocycles. The average molecular weight is 422 g/mol. The van der Waals surface area contributed by atoms with E-state index in [1.165, 1.54) is 14.2 Å². The summed E-state index contributed by atoms with van der Waals surface area (Å²) >= 11 is 5.59. The number of hydrogen-bond donors (Lipinski definition) is 1. The van der Waals surface area contributed by atoms with E-state index in [0.717, 1.165) is 18.7 Å². The number of nitrogens with one attached hydrogen (secondary N) is 1. The lowest BCUT2D eigenvalue weighted by Gasteiger charge is -2.44. The summed E-state index contributed by atoms with van der Waals surface area (Å²) in [5.74, 6) is -0.163. The topological polar surface area (TPSA) is 89.9 Å². The van der Waals surface area contributed by atoms with Crippen LogP contribution in [0, 0.1) is 5.92 Å². The molecule has 0 amide bonds. The van der Waals surface area contributed by atoms with Gasteiger partial charge in [-0.2, -0.15) is 0 Å². The van der Waals surface area contributed by atoms with E-state index in [2.05, 4.69) is 15.0 Å². The molecule has 2 aliphatic heterocycles. The molecule has 1 aromatic heterocycles. The lowest BCUT2D eigenvalue weighted by Crippen LogP contribution is -2.54. The third-order valence-electron chi connectivity index (χ3n) is 5.65. The van der Waals surface area contributed by atoms with Gasteiger partial charge in [0.05, 0.1) is 14.2 Å². The van der Waals surface area contributed by atoms with E-state index in [4.69, 9.17) is 17.0 Å². The van der Waals surface area contributed by atoms with Crippen molar-refractivity contribution in [3.8, 4) is 0 Å². The number of esters is 2. The summed E-state index contributed by atoms with van der Waals surface area (Å²) in [7, 11) is 2.67. The van der Waals surface area contributed by atoms with E-state index >= 15 is 0 Å². The highest BCUT2D eigenvalue weighted by Crippen LogP contribution is 2.34. The van der Waals surface area contributed by atoms with Gasteiger partial charge in [0.25, 0.3) is 5.56 Å². The summed E-state index contributed by atoms with van der Waals surface area (Å²) in [5, 5.41) is 3.62. The minimum atomic E-state index is -0.617. The summed E-state index contributed by atoms with van der Waals surface area (Å²) in [6, 6.07) is 4.79. The Bertz CT molecular complexity index is 840. The zero-order chi connectivity index (χ0) is 21.0. The van der Waals surface area contributed by atoms with Gasteiger partial charge in [-0.1, -0.05) is 6.07 Å². The van der Waals surface area contributed by atoms with Gasteiger partial charge in [-0.05, 0) is 43.5 Å². The molecule has 1 unspecified atom stereocenters. The number of likely N-dealkylation sites (tertiary alicyclic amines) is 1. The minimum Gasteiger partial charge on any atom is -0.469 e. The molecule has 0 aliphatic carbocycles. The fraction of sp³-hybridized carbons (Fsp3) is 0.600. The third kappa shape index (κ3) is 4.95. The molecule has 3 heterocycles. The number of methoxy groups -OCH3 is 2. The smallest absolute Gasteiger partial charge is 0.328 e. The first kappa shape index (κ1) is 21.3. The van der Waals surface area contributed by atoms with Crippen molar-refractivity contribution in [2.45, 2.75) is 44.2 Å². The van der Waals surface area contributed by atoms with Gasteiger partial charge >= 0.3 is 11.9 Å². The number of thiocarbonyl (C=S) groups is 1. The SMILES string of the molecule is COC(=O)CCCC(NC(=S)N1C[C@@H]2C[C@@H](C1)c1cccc(=O)n1C2)C(=O)OC. The van der Waals surface area contributed by atoms with Crippen LogP contribution in [0.15, 0.2) is 23.0 Å². The lowest BCUT2D eigenvalue weighted by molar-refractivity contribution is -0.144. The molecule has 1 aromatic rings. The Labute approximate surface area is 175 Å². The number of hydrogen-bond acceptors (Lipinski definition) is 6. The van der Waals surface area contributed by atoms with E-state index in [9.17, 15) is 14.4 Å². The molecule has 1 fully saturated rings. The van der Waals surface area contributed by atoms with E-state index in [0.29, 0.717) is 37.0 Å². The largest absolute Gasteiger partial charge is 0.469 e. The summed E-state index contributed by atoms with van der Waals surface area (Å²) in [6.07, 6.45) is 2.17. The fourth-order valence-corrected chi connectivity index (χ4v) is 4.54. The molecule has 0 aromatic carbocycles. The van der Waals surface area contributed by atoms with Gasteiger partial charge in [-0.3, -0.25) is 9.59 Å². The van der Waals surface area contributed by atoms with Crippen molar-refractivity contribution >= 4 is 29.3 Å². The second kappa shape index (κ2) is 9.39. The van der Waals surface area contributed by atoms with Gasteiger partial charge in [0.1, 0.15) is 6.04 Å². The third-order valence-corrected chi connectivity index (χ3v) is 6.03. The van der Waals surface area contributed by atoms with Crippen LogP contribution in [0.25, 0.3) is 0 Å². The Hall–Kier alpha value is -2.42. The van der Waals surface area contributed by atoms with Gasteiger partial charge in [0, 0.05) is 43.7 Å². The van der Waals surface area contributed by atoms with Gasteiger partial charge in [-0.15, -0.1) is 0 Å². The summed E-state index contributed by atoms with van der Waals surface area (Å²) < 4.78 is 11.4. The maximum atomic E-state index is 12.2. The molecular weight excluding hydrogens is 394 g/mol. The van der Waals surface area contributed by atoms with Crippen molar-refractivity contribution < 1.29 is 19.1 Å². The number of rotatable bonds is 6. The Morgan fingerprint density at radius 2 is 2.03 bits per heavy atom. The second-order valence-corrected chi connectivity index (χ2v) is 7.98. The summed E-state index contributed by atoms with van der Waals surface area (Å²) in [6.45, 7) is 2.12. The Balaban J connectivity index is 1.64. The Morgan fingerprint density at radius 1 is 1.24 bits per heavy atom. The number of ether oxygens (including phenoxy) is 2. The maximum absolute atomic E-state index is 12.2. The van der Waals surface area contributed by atoms with Crippen molar-refractivity contribution in [2.75, 3.05) is 27.3 Å². The average Bonchev–Trinajstić information content (AvgIpc) is 2.72. The predicted molar refractivity (Wildman–Crippen MR) is 111 cm³/mol. The summed E-state index contributed by atoms with van der Waals surface area (Å²) in [4.78, 5) is 37.7. The van der Waals surface area contributed by atoms with Gasteiger partial charge < -0.3 is 24.3 Å². The van der Waals surface area contributed by atoms with Crippen molar-refractivity contribution in [1.29, 1.82) is 0 Å². The zero-order valence-corrected chi connectivity index (χ0v) is 17.6. The zero-order valence-electron chi connectivity index (χ0n) is 16.8. The van der Waals surface area contributed by atoms with E-state index in [-0.39, 0.29) is 23.9 Å². The van der Waals surface area contributed by atoms with Gasteiger partial charge in [-0.25, -0.2) is 4.79 Å². The van der Waals surface area contributed by atoms with Crippen LogP contribution in [-0.2, 0) is 25.6 Å². The highest BCUT2D eigenvalue weighted by Gasteiger charge is 2.36. The quantitative estimate of drug-likeness (QED) is 0.538. The molecule has 2 bridgehead atoms. The number of fused-ring (bicyclic) bond motifs is 4. The highest BCUT2D eigenvalue weighted by molar-refractivity contribution is 7.80. The molecule has 1 N–H and O–H groups in total. The predicted octanol–water partition coefficient (Wildman–Crippen LogP) is 1.03. The van der Waals surface area contributed by atoms with Crippen LogP contribution in [0.5, 0.6) is 0 Å². The molecule has 29 heavy (non-hydrogen) atoms. The molecule has 158 valence electrons. The van der Waals surface area contributed by atoms with Crippen LogP contribution in [0.4, 0.5) is 0 Å². The van der Waals surface area contributed by atoms with Gasteiger partial charge in [0.15, 0.2) is 5.11 Å². The van der Waals surface area contributed by atoms with Crippen LogP contribution in [0.2, 0.25) is 0 Å². The first-order chi connectivity index (χ1) is 13.9. The van der Waals surface area contributed by atoms with E-state index < -0.39 is 12.0 Å². The molecule has 0 spiro atoms. The van der Waals surface area contributed by atoms with Crippen molar-refractivity contribution in [2.24, 2.45) is 5.92 Å². The first-order valence-electron chi connectivity index (χ1n) is 9.82. The standard InChI is InChI=1S/C20H27N3O5S/c1-27-18(25)8-3-5-15(19(26)28-2)21-20(29)22-10-13-9-14(12-22)16-6-4-7-17(24)23(16)11-13/h4,6-7,13-15H,3,5,8-12H2,1-2H3,(H,21,29)/t13-,14-,15?/m0/s1. The number of pyridine rings is 1. The molecule has 9 heteroatoms. The second-order valence-electron chi connectivity index (χ2n) is 7.60. The van der Waals surface area contributed by atoms with Gasteiger partial charge in [0.2, 0.25) is 0 Å². The van der Waals surface area contributed by atoms with E-state index in [1.807, 2.05) is 10.6 Å². The van der Waals surface area contributed by atoms with Crippen LogP contribution in [-0.4, -0.2) is 59.9 Å². The maximum Gasteiger partial charge on any atom is 0.328 e. The summed E-state index contributed by atoms with van der Waals surface area (Å²) in [5.41, 5.74) is 1.09. The molecule has 8 nitrogen and oxygen atoms in total. The van der Waals surface area contributed by atoms with Crippen LogP contribution >= 0.6 is 12.2 Å². The molecule has 3 atom stereocenters. The molecule has 0 saturated carbocycles. The normalized spacial score (nSPS) is 21.0. The highest BCUT2D eigenvalue weighted by atomic mass is 32.1. The molecule has 0 radical (unpaired) electrons. The monoisotopic (exact) mass is 421 g/mol. The number of piperidine rings is 1. The Morgan fingerprint density at radius 3 is 2.76 bits per heavy atom. The van der Waals surface area contributed by atoms with Crippen LogP contribution < -0.4 is 10.9 Å². The number of carbonyl (C=O) groups is 2. The van der Waals surface area contributed by atoms with Crippen molar-refractivity contribution in [1.82, 2.24) is 14.8 Å². The number of carbonyl (C=O) groups excluding carboxylic acids is 2. The first-order valence-corrected chi connectivity index (χ1v) is 10.2. The van der Waals surface area contributed by atoms with Crippen molar-refractivity contribution in [3.63, 3.8) is 0 Å². The molecular formula is C20H27N3O5S. The molecule has 3 rings (SSSR count). The van der Waals surface area contributed by atoms with E-state index in [1.54, 1.807) is 12.1 Å². The minimum absolute atomic E-state index is 0.0442. The lowest BCUT2D eigenvalue weighted by atomic mass is 9.83. The van der Waals surface area contributed by atoms with Crippen LogP contribution in [0.3, 0.4) is 0 Å². The number of aromatic nitrogens is 1. The molecule has 2 aliphatic rings. The fourth-order valence-electron chi connectivity index (χ4n) is 4.25. The van der Waals surface area contributed by atoms with Crippen molar-refractivity contribution in [3.05, 3.63) is 34.2 Å². The van der Waals surface area contributed by atoms with Crippen LogP contribution in [0.1, 0.15) is 37.3 Å². The Kier molecular flexibility index (Phi) is 6.89.